The van der Waals surface area contributed by atoms with E-state index in [4.69, 9.17) is 5.11 Å². The third-order valence-corrected chi connectivity index (χ3v) is 2.47. The molecule has 19 heavy (non-hydrogen) atoms. The van der Waals surface area contributed by atoms with E-state index < -0.39 is 30.2 Å². The second kappa shape index (κ2) is 4.38. The van der Waals surface area contributed by atoms with E-state index in [0.717, 1.165) is 0 Å². The number of aromatic carboxylic acids is 1. The summed E-state index contributed by atoms with van der Waals surface area (Å²) < 4.78 is 37.4. The highest BCUT2D eigenvalue weighted by Crippen LogP contribution is 2.30. The molecule has 1 aliphatic rings. The van der Waals surface area contributed by atoms with Crippen LogP contribution in [-0.2, 0) is 4.79 Å². The van der Waals surface area contributed by atoms with Gasteiger partial charge in [0.1, 0.15) is 0 Å². The number of para-hydroxylation sites is 1. The minimum atomic E-state index is -4.71. The first-order valence-electron chi connectivity index (χ1n) is 5.10. The highest BCUT2D eigenvalue weighted by atomic mass is 19.4. The normalized spacial score (nSPS) is 15.6. The van der Waals surface area contributed by atoms with Gasteiger partial charge in [-0.25, -0.2) is 4.79 Å². The number of alkyl halides is 3. The number of hydrogen-bond donors (Lipinski definition) is 1. The van der Waals surface area contributed by atoms with Crippen LogP contribution in [0.5, 0.6) is 0 Å². The highest BCUT2D eigenvalue weighted by molar-refractivity contribution is 6.16. The molecule has 2 rings (SSSR count). The number of nitrogens with zero attached hydrogens (tertiary/aromatic N) is 2. The molecule has 0 saturated carbocycles. The number of rotatable bonds is 2. The summed E-state index contributed by atoms with van der Waals surface area (Å²) in [5.41, 5.74) is -1.71. The minimum Gasteiger partial charge on any atom is -0.478 e. The molecule has 1 aliphatic heterocycles. The Hall–Kier alpha value is -2.38. The smallest absolute Gasteiger partial charge is 0.431 e. The maximum Gasteiger partial charge on any atom is 0.431 e. The van der Waals surface area contributed by atoms with Crippen molar-refractivity contribution in [2.45, 2.75) is 12.6 Å². The van der Waals surface area contributed by atoms with Crippen molar-refractivity contribution in [3.8, 4) is 0 Å². The Kier molecular flexibility index (Phi) is 3.01. The van der Waals surface area contributed by atoms with Crippen molar-refractivity contribution in [3.63, 3.8) is 0 Å². The van der Waals surface area contributed by atoms with Crippen LogP contribution >= 0.6 is 0 Å². The van der Waals surface area contributed by atoms with Crippen LogP contribution in [0.15, 0.2) is 29.4 Å². The number of amides is 1. The highest BCUT2D eigenvalue weighted by Gasteiger charge is 2.43. The number of carbonyl (C=O) groups excluding carboxylic acids is 1. The third-order valence-electron chi connectivity index (χ3n) is 2.47. The fourth-order valence-corrected chi connectivity index (χ4v) is 1.61. The summed E-state index contributed by atoms with van der Waals surface area (Å²) >= 11 is 0. The number of carboxylic acids is 1. The molecular weight excluding hydrogens is 265 g/mol. The summed E-state index contributed by atoms with van der Waals surface area (Å²) in [4.78, 5) is 22.5. The van der Waals surface area contributed by atoms with Gasteiger partial charge in [0.15, 0.2) is 5.71 Å². The van der Waals surface area contributed by atoms with Crippen molar-refractivity contribution < 1.29 is 27.9 Å². The van der Waals surface area contributed by atoms with Crippen molar-refractivity contribution in [1.82, 2.24) is 0 Å². The summed E-state index contributed by atoms with van der Waals surface area (Å²) in [6, 6.07) is 5.23. The van der Waals surface area contributed by atoms with Gasteiger partial charge in [-0.3, -0.25) is 4.79 Å². The van der Waals surface area contributed by atoms with Crippen LogP contribution in [0.25, 0.3) is 0 Å². The van der Waals surface area contributed by atoms with Crippen LogP contribution in [-0.4, -0.2) is 28.9 Å². The predicted octanol–water partition coefficient (Wildman–Crippen LogP) is 2.04. The Morgan fingerprint density at radius 1 is 1.32 bits per heavy atom. The summed E-state index contributed by atoms with van der Waals surface area (Å²) in [6.45, 7) is 0. The van der Waals surface area contributed by atoms with Crippen LogP contribution in [0.1, 0.15) is 16.8 Å². The number of carboxylic acid groups (broad SMARTS) is 1. The molecule has 5 nitrogen and oxygen atoms in total. The average Bonchev–Trinajstić information content (AvgIpc) is 2.71. The number of carbonyl (C=O) groups is 2. The lowest BCUT2D eigenvalue weighted by Gasteiger charge is -2.13. The van der Waals surface area contributed by atoms with E-state index in [9.17, 15) is 22.8 Å². The Bertz CT molecular complexity index is 581. The monoisotopic (exact) mass is 272 g/mol. The van der Waals surface area contributed by atoms with E-state index in [1.54, 1.807) is 0 Å². The maximum atomic E-state index is 12.5. The van der Waals surface area contributed by atoms with Gasteiger partial charge in [0.25, 0.3) is 5.91 Å². The minimum absolute atomic E-state index is 0.181. The van der Waals surface area contributed by atoms with E-state index >= 15 is 0 Å². The maximum absolute atomic E-state index is 12.5. The number of benzene rings is 1. The van der Waals surface area contributed by atoms with Crippen molar-refractivity contribution in [2.24, 2.45) is 5.10 Å². The molecule has 1 amide bonds. The molecule has 0 unspecified atom stereocenters. The van der Waals surface area contributed by atoms with Crippen molar-refractivity contribution in [3.05, 3.63) is 29.8 Å². The van der Waals surface area contributed by atoms with E-state index in [2.05, 4.69) is 5.10 Å². The molecule has 1 N–H and O–H groups in total. The molecule has 0 fully saturated rings. The molecule has 100 valence electrons. The van der Waals surface area contributed by atoms with Crippen LogP contribution in [0.2, 0.25) is 0 Å². The van der Waals surface area contributed by atoms with Gasteiger partial charge >= 0.3 is 12.1 Å². The summed E-state index contributed by atoms with van der Waals surface area (Å²) in [6.07, 6.45) is -5.60. The molecule has 0 radical (unpaired) electrons. The zero-order valence-corrected chi connectivity index (χ0v) is 9.31. The first-order chi connectivity index (χ1) is 8.80. The van der Waals surface area contributed by atoms with E-state index in [-0.39, 0.29) is 11.3 Å². The van der Waals surface area contributed by atoms with Gasteiger partial charge in [0, 0.05) is 0 Å². The Morgan fingerprint density at radius 2 is 1.95 bits per heavy atom. The number of anilines is 1. The van der Waals surface area contributed by atoms with Crippen LogP contribution in [0.4, 0.5) is 18.9 Å². The molecule has 0 saturated heterocycles. The van der Waals surface area contributed by atoms with Crippen LogP contribution in [0, 0.1) is 0 Å². The summed E-state index contributed by atoms with van der Waals surface area (Å²) in [5, 5.41) is 12.6. The van der Waals surface area contributed by atoms with Gasteiger partial charge < -0.3 is 5.11 Å². The first kappa shape index (κ1) is 13.1. The lowest BCUT2D eigenvalue weighted by Crippen LogP contribution is -2.22. The zero-order valence-electron chi connectivity index (χ0n) is 9.31. The fraction of sp³-hybridized carbons (Fsp3) is 0.182. The van der Waals surface area contributed by atoms with E-state index in [1.807, 2.05) is 0 Å². The van der Waals surface area contributed by atoms with Crippen molar-refractivity contribution in [2.75, 3.05) is 5.01 Å². The third kappa shape index (κ3) is 2.42. The molecular formula is C11H7F3N2O3. The van der Waals surface area contributed by atoms with Gasteiger partial charge in [0.05, 0.1) is 17.7 Å². The molecule has 1 heterocycles. The molecule has 0 aliphatic carbocycles. The summed E-state index contributed by atoms with van der Waals surface area (Å²) in [7, 11) is 0. The Morgan fingerprint density at radius 3 is 2.47 bits per heavy atom. The lowest BCUT2D eigenvalue weighted by molar-refractivity contribution is -0.117. The Balaban J connectivity index is 2.46. The standard InChI is InChI=1S/C11H7F3N2O3/c12-11(13,14)8-5-9(17)16(15-8)7-4-2-1-3-6(7)10(18)19/h1-4H,5H2,(H,18,19). The van der Waals surface area contributed by atoms with Crippen molar-refractivity contribution >= 4 is 23.3 Å². The molecule has 0 bridgehead atoms. The largest absolute Gasteiger partial charge is 0.478 e. The second-order valence-corrected chi connectivity index (χ2v) is 3.75. The van der Waals surface area contributed by atoms with E-state index in [1.165, 1.54) is 24.3 Å². The number of hydrazone groups is 1. The fourth-order valence-electron chi connectivity index (χ4n) is 1.61. The van der Waals surface area contributed by atoms with Gasteiger partial charge in [0.2, 0.25) is 0 Å². The second-order valence-electron chi connectivity index (χ2n) is 3.75. The molecule has 8 heteroatoms. The summed E-state index contributed by atoms with van der Waals surface area (Å²) in [5.74, 6) is -2.26. The molecule has 1 aromatic carbocycles. The zero-order chi connectivity index (χ0) is 14.2. The molecule has 0 spiro atoms. The average molecular weight is 272 g/mol. The Labute approximate surface area is 104 Å². The molecule has 0 aromatic heterocycles. The van der Waals surface area contributed by atoms with Gasteiger partial charge in [-0.1, -0.05) is 12.1 Å². The SMILES string of the molecule is O=C(O)c1ccccc1N1N=C(C(F)(F)F)CC1=O. The predicted molar refractivity (Wildman–Crippen MR) is 59.0 cm³/mol. The lowest BCUT2D eigenvalue weighted by atomic mass is 10.1. The van der Waals surface area contributed by atoms with E-state index in [0.29, 0.717) is 5.01 Å². The van der Waals surface area contributed by atoms with Gasteiger partial charge in [-0.2, -0.15) is 23.3 Å². The first-order valence-corrected chi connectivity index (χ1v) is 5.10. The quantitative estimate of drug-likeness (QED) is 0.895. The number of hydrogen-bond acceptors (Lipinski definition) is 3. The molecule has 1 aromatic rings. The van der Waals surface area contributed by atoms with Gasteiger partial charge in [-0.15, -0.1) is 0 Å². The van der Waals surface area contributed by atoms with Crippen molar-refractivity contribution in [1.29, 1.82) is 0 Å². The van der Waals surface area contributed by atoms with Crippen LogP contribution in [0.3, 0.4) is 0 Å². The topological polar surface area (TPSA) is 70.0 Å². The number of halogens is 3. The molecule has 0 atom stereocenters. The van der Waals surface area contributed by atoms with Crippen LogP contribution < -0.4 is 5.01 Å². The van der Waals surface area contributed by atoms with Gasteiger partial charge in [-0.05, 0) is 12.1 Å².